The lowest BCUT2D eigenvalue weighted by molar-refractivity contribution is -0.192. The van der Waals surface area contributed by atoms with E-state index in [1.54, 1.807) is 12.4 Å². The Labute approximate surface area is 182 Å². The largest absolute Gasteiger partial charge is 0.490 e. The summed E-state index contributed by atoms with van der Waals surface area (Å²) >= 11 is 0. The number of carbonyl (C=O) groups is 2. The van der Waals surface area contributed by atoms with Crippen LogP contribution in [0.5, 0.6) is 0 Å². The van der Waals surface area contributed by atoms with Crippen molar-refractivity contribution in [2.45, 2.75) is 19.6 Å². The molecule has 0 aliphatic heterocycles. The van der Waals surface area contributed by atoms with Gasteiger partial charge in [0.1, 0.15) is 5.69 Å². The quantitative estimate of drug-likeness (QED) is 0.547. The molecule has 170 valence electrons. The van der Waals surface area contributed by atoms with Crippen LogP contribution in [0.15, 0.2) is 48.8 Å². The van der Waals surface area contributed by atoms with Gasteiger partial charge >= 0.3 is 12.1 Å². The predicted molar refractivity (Wildman–Crippen MR) is 112 cm³/mol. The molecule has 11 heteroatoms. The maximum Gasteiger partial charge on any atom is 0.490 e. The van der Waals surface area contributed by atoms with Crippen LogP contribution in [-0.2, 0) is 11.3 Å². The maximum absolute atomic E-state index is 12.6. The summed E-state index contributed by atoms with van der Waals surface area (Å²) in [5.74, 6) is -2.98. The number of halogens is 3. The summed E-state index contributed by atoms with van der Waals surface area (Å²) in [7, 11) is 3.98. The van der Waals surface area contributed by atoms with Crippen molar-refractivity contribution in [3.8, 4) is 11.3 Å². The number of hydrogen-bond acceptors (Lipinski definition) is 5. The summed E-state index contributed by atoms with van der Waals surface area (Å²) in [4.78, 5) is 27.7. The van der Waals surface area contributed by atoms with Gasteiger partial charge in [-0.05, 0) is 32.6 Å². The summed E-state index contributed by atoms with van der Waals surface area (Å²) in [5, 5.41) is 17.2. The number of benzene rings is 1. The third-order valence-electron chi connectivity index (χ3n) is 4.08. The molecular weight excluding hydrogens is 427 g/mol. The molecule has 3 N–H and O–H groups in total. The fraction of sp³-hybridized carbons (Fsp3) is 0.238. The summed E-state index contributed by atoms with van der Waals surface area (Å²) in [6, 6.07) is 11.7. The molecule has 3 rings (SSSR count). The van der Waals surface area contributed by atoms with Crippen molar-refractivity contribution in [3.05, 3.63) is 65.6 Å². The Morgan fingerprint density at radius 1 is 1.16 bits per heavy atom. The first kappa shape index (κ1) is 24.5. The van der Waals surface area contributed by atoms with Crippen LogP contribution < -0.4 is 5.32 Å². The normalized spacial score (nSPS) is 11.0. The molecule has 0 radical (unpaired) electrons. The molecule has 0 bridgehead atoms. The first-order valence-electron chi connectivity index (χ1n) is 9.29. The van der Waals surface area contributed by atoms with Crippen molar-refractivity contribution in [2.75, 3.05) is 19.4 Å². The lowest BCUT2D eigenvalue weighted by atomic mass is 10.1. The molecule has 0 saturated carbocycles. The van der Waals surface area contributed by atoms with E-state index in [2.05, 4.69) is 20.5 Å². The molecule has 0 fully saturated rings. The van der Waals surface area contributed by atoms with Gasteiger partial charge in [-0.3, -0.25) is 14.9 Å². The van der Waals surface area contributed by atoms with E-state index >= 15 is 0 Å². The summed E-state index contributed by atoms with van der Waals surface area (Å²) < 4.78 is 31.7. The Hall–Kier alpha value is -3.73. The maximum atomic E-state index is 12.6. The first-order chi connectivity index (χ1) is 15.0. The number of carboxylic acids is 1. The Morgan fingerprint density at radius 2 is 1.78 bits per heavy atom. The number of amides is 1. The number of nitrogens with zero attached hydrogens (tertiary/aromatic N) is 3. The van der Waals surface area contributed by atoms with Gasteiger partial charge < -0.3 is 15.3 Å². The second-order valence-corrected chi connectivity index (χ2v) is 7.01. The fourth-order valence-electron chi connectivity index (χ4n) is 2.70. The number of hydrogen-bond donors (Lipinski definition) is 3. The number of aromatic amines is 1. The predicted octanol–water partition coefficient (Wildman–Crippen LogP) is 3.73. The van der Waals surface area contributed by atoms with Crippen molar-refractivity contribution >= 4 is 17.6 Å². The van der Waals surface area contributed by atoms with Crippen molar-refractivity contribution in [1.82, 2.24) is 20.1 Å². The number of pyridine rings is 1. The van der Waals surface area contributed by atoms with E-state index in [0.717, 1.165) is 28.9 Å². The molecule has 0 aliphatic rings. The van der Waals surface area contributed by atoms with Crippen molar-refractivity contribution in [1.29, 1.82) is 0 Å². The number of anilines is 1. The van der Waals surface area contributed by atoms with Gasteiger partial charge in [0.25, 0.3) is 5.91 Å². The highest BCUT2D eigenvalue weighted by Crippen LogP contribution is 2.23. The third-order valence-corrected chi connectivity index (χ3v) is 4.08. The average molecular weight is 449 g/mol. The van der Waals surface area contributed by atoms with Crippen LogP contribution in [0.3, 0.4) is 0 Å². The van der Waals surface area contributed by atoms with Gasteiger partial charge in [0.15, 0.2) is 0 Å². The topological polar surface area (TPSA) is 111 Å². The second-order valence-electron chi connectivity index (χ2n) is 7.01. The molecule has 3 aromatic rings. The lowest BCUT2D eigenvalue weighted by Crippen LogP contribution is -2.21. The molecule has 2 heterocycles. The van der Waals surface area contributed by atoms with Crippen molar-refractivity contribution < 1.29 is 27.9 Å². The van der Waals surface area contributed by atoms with E-state index < -0.39 is 12.1 Å². The van der Waals surface area contributed by atoms with Gasteiger partial charge in [-0.2, -0.15) is 18.3 Å². The number of H-pyrrole nitrogens is 1. The minimum absolute atomic E-state index is 0.226. The second kappa shape index (κ2) is 10.5. The molecule has 0 aliphatic carbocycles. The van der Waals surface area contributed by atoms with Crippen LogP contribution in [0.2, 0.25) is 0 Å². The average Bonchev–Trinajstić information content (AvgIpc) is 3.09. The Morgan fingerprint density at radius 3 is 2.34 bits per heavy atom. The highest BCUT2D eigenvalue weighted by molar-refractivity contribution is 6.04. The molecule has 2 aromatic heterocycles. The summed E-state index contributed by atoms with van der Waals surface area (Å²) in [5.41, 5.74) is 4.74. The zero-order valence-corrected chi connectivity index (χ0v) is 17.6. The highest BCUT2D eigenvalue weighted by Gasteiger charge is 2.38. The van der Waals surface area contributed by atoms with E-state index in [1.165, 1.54) is 0 Å². The van der Waals surface area contributed by atoms with Crippen LogP contribution in [0, 0.1) is 6.92 Å². The molecule has 0 atom stereocenters. The smallest absolute Gasteiger partial charge is 0.475 e. The molecule has 8 nitrogen and oxygen atoms in total. The number of rotatable bonds is 5. The summed E-state index contributed by atoms with van der Waals surface area (Å²) in [6.45, 7) is 2.65. The van der Waals surface area contributed by atoms with E-state index in [-0.39, 0.29) is 5.91 Å². The molecule has 0 saturated heterocycles. The van der Waals surface area contributed by atoms with Gasteiger partial charge in [0, 0.05) is 23.9 Å². The van der Waals surface area contributed by atoms with E-state index in [4.69, 9.17) is 9.90 Å². The van der Waals surface area contributed by atoms with E-state index in [0.29, 0.717) is 11.4 Å². The first-order valence-corrected chi connectivity index (χ1v) is 9.29. The van der Waals surface area contributed by atoms with Crippen LogP contribution in [0.25, 0.3) is 11.3 Å². The van der Waals surface area contributed by atoms with Crippen LogP contribution in [0.4, 0.5) is 18.9 Å². The molecule has 0 unspecified atom stereocenters. The SMILES string of the molecule is Cc1c(-c2ccccc2)n[nH]c1C(=O)Nc1cncc(CN(C)C)c1.O=C(O)C(F)(F)F. The van der Waals surface area contributed by atoms with Crippen molar-refractivity contribution in [2.24, 2.45) is 0 Å². The van der Waals surface area contributed by atoms with Gasteiger partial charge in [-0.25, -0.2) is 4.79 Å². The number of alkyl halides is 3. The Balaban J connectivity index is 0.000000451. The van der Waals surface area contributed by atoms with Crippen molar-refractivity contribution in [3.63, 3.8) is 0 Å². The van der Waals surface area contributed by atoms with Crippen LogP contribution in [-0.4, -0.2) is 57.3 Å². The van der Waals surface area contributed by atoms with E-state index in [9.17, 15) is 18.0 Å². The standard InChI is InChI=1S/C19H21N5O.C2HF3O2/c1-13-17(15-7-5-4-6-8-15)22-23-18(13)19(25)21-16-9-14(10-20-11-16)12-24(2)3;3-2(4,5)1(6)7/h4-11H,12H2,1-3H3,(H,21,25)(H,22,23);(H,6,7). The number of carboxylic acid groups (broad SMARTS) is 1. The van der Waals surface area contributed by atoms with Gasteiger partial charge in [-0.15, -0.1) is 0 Å². The van der Waals surface area contributed by atoms with Crippen LogP contribution in [0.1, 0.15) is 21.6 Å². The number of nitrogens with one attached hydrogen (secondary N) is 2. The fourth-order valence-corrected chi connectivity index (χ4v) is 2.70. The minimum Gasteiger partial charge on any atom is -0.475 e. The molecule has 32 heavy (non-hydrogen) atoms. The molecular formula is C21H22F3N5O3. The number of carbonyl (C=O) groups excluding carboxylic acids is 1. The Kier molecular flexibility index (Phi) is 8.08. The highest BCUT2D eigenvalue weighted by atomic mass is 19.4. The summed E-state index contributed by atoms with van der Waals surface area (Å²) in [6.07, 6.45) is -1.65. The van der Waals surface area contributed by atoms with Crippen LogP contribution >= 0.6 is 0 Å². The van der Waals surface area contributed by atoms with Gasteiger partial charge in [0.05, 0.1) is 17.6 Å². The number of aromatic nitrogens is 3. The zero-order chi connectivity index (χ0) is 23.9. The molecule has 0 spiro atoms. The van der Waals surface area contributed by atoms with Gasteiger partial charge in [-0.1, -0.05) is 30.3 Å². The third kappa shape index (κ3) is 6.91. The lowest BCUT2D eigenvalue weighted by Gasteiger charge is -2.10. The van der Waals surface area contributed by atoms with Gasteiger partial charge in [0.2, 0.25) is 0 Å². The number of aliphatic carboxylic acids is 1. The Bertz CT molecular complexity index is 1070. The molecule has 1 amide bonds. The minimum atomic E-state index is -5.08. The molecule has 1 aromatic carbocycles. The van der Waals surface area contributed by atoms with E-state index in [1.807, 2.05) is 62.3 Å². The monoisotopic (exact) mass is 449 g/mol. The zero-order valence-electron chi connectivity index (χ0n) is 17.6.